The molecule has 0 amide bonds. The van der Waals surface area contributed by atoms with Crippen molar-refractivity contribution in [2.24, 2.45) is 0 Å². The topological polar surface area (TPSA) is 40.7 Å². The second-order valence-corrected chi connectivity index (χ2v) is 6.58. The molecule has 3 nitrogen and oxygen atoms in total. The summed E-state index contributed by atoms with van der Waals surface area (Å²) in [7, 11) is 0. The quantitative estimate of drug-likeness (QED) is 0.542. The molecule has 4 aromatic rings. The fourth-order valence-electron chi connectivity index (χ4n) is 2.68. The fourth-order valence-corrected chi connectivity index (χ4v) is 3.34. The molecule has 0 radical (unpaired) electrons. The zero-order chi connectivity index (χ0) is 15.6. The number of aromatic nitrogens is 2. The average molecular weight is 319 g/mol. The van der Waals surface area contributed by atoms with Crippen molar-refractivity contribution in [3.8, 4) is 10.7 Å². The Balaban J connectivity index is 1.56. The SMILES string of the molecule is Cc1cccc(CNc2ccc3nc(-c4cccs4)[nH]c3c2)c1. The number of fused-ring (bicyclic) bond motifs is 1. The van der Waals surface area contributed by atoms with Crippen LogP contribution in [0.5, 0.6) is 0 Å². The summed E-state index contributed by atoms with van der Waals surface area (Å²) >= 11 is 1.69. The van der Waals surface area contributed by atoms with Gasteiger partial charge in [-0.25, -0.2) is 4.98 Å². The molecule has 2 aromatic heterocycles. The minimum atomic E-state index is 0.819. The number of benzene rings is 2. The van der Waals surface area contributed by atoms with E-state index in [2.05, 4.69) is 76.1 Å². The van der Waals surface area contributed by atoms with Gasteiger partial charge in [-0.3, -0.25) is 0 Å². The molecular formula is C19H17N3S. The first-order chi connectivity index (χ1) is 11.3. The van der Waals surface area contributed by atoms with E-state index in [0.717, 1.165) is 34.0 Å². The molecule has 2 N–H and O–H groups in total. The number of nitrogens with one attached hydrogen (secondary N) is 2. The predicted octanol–water partition coefficient (Wildman–Crippen LogP) is 5.21. The largest absolute Gasteiger partial charge is 0.381 e. The Morgan fingerprint density at radius 3 is 2.87 bits per heavy atom. The molecular weight excluding hydrogens is 302 g/mol. The molecule has 0 atom stereocenters. The van der Waals surface area contributed by atoms with E-state index < -0.39 is 0 Å². The number of rotatable bonds is 4. The monoisotopic (exact) mass is 319 g/mol. The number of anilines is 1. The molecule has 0 aliphatic rings. The Kier molecular flexibility index (Phi) is 3.60. The Morgan fingerprint density at radius 2 is 2.04 bits per heavy atom. The van der Waals surface area contributed by atoms with E-state index in [9.17, 15) is 0 Å². The first-order valence-electron chi connectivity index (χ1n) is 7.61. The number of nitrogens with zero attached hydrogens (tertiary/aromatic N) is 1. The van der Waals surface area contributed by atoms with Crippen molar-refractivity contribution >= 4 is 28.1 Å². The van der Waals surface area contributed by atoms with Crippen LogP contribution in [0.3, 0.4) is 0 Å². The molecule has 0 bridgehead atoms. The molecule has 114 valence electrons. The van der Waals surface area contributed by atoms with Crippen LogP contribution >= 0.6 is 11.3 Å². The maximum absolute atomic E-state index is 4.65. The van der Waals surface area contributed by atoms with Gasteiger partial charge in [0.25, 0.3) is 0 Å². The second-order valence-electron chi connectivity index (χ2n) is 5.64. The van der Waals surface area contributed by atoms with E-state index in [1.807, 2.05) is 6.07 Å². The summed E-state index contributed by atoms with van der Waals surface area (Å²) in [5, 5.41) is 5.55. The Labute approximate surface area is 139 Å². The van der Waals surface area contributed by atoms with Crippen molar-refractivity contribution in [3.05, 3.63) is 71.1 Å². The minimum Gasteiger partial charge on any atom is -0.381 e. The molecule has 0 aliphatic heterocycles. The Morgan fingerprint density at radius 1 is 1.09 bits per heavy atom. The number of aromatic amines is 1. The highest BCUT2D eigenvalue weighted by atomic mass is 32.1. The first kappa shape index (κ1) is 14.0. The van der Waals surface area contributed by atoms with E-state index in [4.69, 9.17) is 0 Å². The normalized spacial score (nSPS) is 11.0. The van der Waals surface area contributed by atoms with Gasteiger partial charge in [-0.15, -0.1) is 11.3 Å². The van der Waals surface area contributed by atoms with Gasteiger partial charge in [-0.2, -0.15) is 0 Å². The molecule has 2 aromatic carbocycles. The second kappa shape index (κ2) is 5.89. The van der Waals surface area contributed by atoms with E-state index in [1.165, 1.54) is 11.1 Å². The third-order valence-electron chi connectivity index (χ3n) is 3.82. The van der Waals surface area contributed by atoms with Crippen molar-refractivity contribution in [2.75, 3.05) is 5.32 Å². The predicted molar refractivity (Wildman–Crippen MR) is 97.9 cm³/mol. The lowest BCUT2D eigenvalue weighted by Crippen LogP contribution is -1.99. The highest BCUT2D eigenvalue weighted by molar-refractivity contribution is 7.13. The fraction of sp³-hybridized carbons (Fsp3) is 0.105. The van der Waals surface area contributed by atoms with Crippen molar-refractivity contribution < 1.29 is 0 Å². The molecule has 0 unspecified atom stereocenters. The standard InChI is InChI=1S/C19H17N3S/c1-13-4-2-5-14(10-13)12-20-15-7-8-16-17(11-15)22-19(21-16)18-6-3-9-23-18/h2-11,20H,12H2,1H3,(H,21,22). The van der Waals surface area contributed by atoms with Crippen molar-refractivity contribution in [1.82, 2.24) is 9.97 Å². The third-order valence-corrected chi connectivity index (χ3v) is 4.69. The molecule has 0 spiro atoms. The lowest BCUT2D eigenvalue weighted by atomic mass is 10.1. The summed E-state index contributed by atoms with van der Waals surface area (Å²) in [5.41, 5.74) is 5.72. The van der Waals surface area contributed by atoms with Gasteiger partial charge < -0.3 is 10.3 Å². The number of H-pyrrole nitrogens is 1. The third kappa shape index (κ3) is 2.98. The van der Waals surface area contributed by atoms with Crippen molar-refractivity contribution in [3.63, 3.8) is 0 Å². The van der Waals surface area contributed by atoms with Crippen molar-refractivity contribution in [2.45, 2.75) is 13.5 Å². The van der Waals surface area contributed by atoms with E-state index in [-0.39, 0.29) is 0 Å². The van der Waals surface area contributed by atoms with Gasteiger partial charge in [0.05, 0.1) is 15.9 Å². The Bertz CT molecular complexity index is 938. The molecule has 4 heteroatoms. The summed E-state index contributed by atoms with van der Waals surface area (Å²) in [6.45, 7) is 2.94. The van der Waals surface area contributed by atoms with E-state index >= 15 is 0 Å². The van der Waals surface area contributed by atoms with Gasteiger partial charge >= 0.3 is 0 Å². The molecule has 0 saturated carbocycles. The van der Waals surface area contributed by atoms with Crippen LogP contribution in [0.1, 0.15) is 11.1 Å². The first-order valence-corrected chi connectivity index (χ1v) is 8.49. The number of aryl methyl sites for hydroxylation is 1. The maximum atomic E-state index is 4.65. The summed E-state index contributed by atoms with van der Waals surface area (Å²) in [6.07, 6.45) is 0. The van der Waals surface area contributed by atoms with E-state index in [1.54, 1.807) is 11.3 Å². The molecule has 0 fully saturated rings. The Hall–Kier alpha value is -2.59. The zero-order valence-electron chi connectivity index (χ0n) is 12.8. The minimum absolute atomic E-state index is 0.819. The maximum Gasteiger partial charge on any atom is 0.148 e. The molecule has 0 saturated heterocycles. The number of imidazole rings is 1. The molecule has 4 rings (SSSR count). The van der Waals surface area contributed by atoms with Gasteiger partial charge in [0, 0.05) is 12.2 Å². The van der Waals surface area contributed by atoms with Gasteiger partial charge in [-0.05, 0) is 42.1 Å². The average Bonchev–Trinajstić information content (AvgIpc) is 3.21. The summed E-state index contributed by atoms with van der Waals surface area (Å²) in [4.78, 5) is 9.22. The summed E-state index contributed by atoms with van der Waals surface area (Å²) in [6, 6.07) is 18.9. The van der Waals surface area contributed by atoms with Gasteiger partial charge in [0.2, 0.25) is 0 Å². The highest BCUT2D eigenvalue weighted by Crippen LogP contribution is 2.26. The number of hydrogen-bond donors (Lipinski definition) is 2. The van der Waals surface area contributed by atoms with Gasteiger partial charge in [0.1, 0.15) is 5.82 Å². The van der Waals surface area contributed by atoms with Crippen molar-refractivity contribution in [1.29, 1.82) is 0 Å². The van der Waals surface area contributed by atoms with Crippen LogP contribution in [0.2, 0.25) is 0 Å². The van der Waals surface area contributed by atoms with Gasteiger partial charge in [0.15, 0.2) is 0 Å². The van der Waals surface area contributed by atoms with E-state index in [0.29, 0.717) is 0 Å². The van der Waals surface area contributed by atoms with Crippen LogP contribution in [-0.4, -0.2) is 9.97 Å². The highest BCUT2D eigenvalue weighted by Gasteiger charge is 2.06. The van der Waals surface area contributed by atoms with Crippen LogP contribution in [0.15, 0.2) is 60.0 Å². The number of thiophene rings is 1. The molecule has 0 aliphatic carbocycles. The smallest absolute Gasteiger partial charge is 0.148 e. The summed E-state index contributed by atoms with van der Waals surface area (Å²) in [5.74, 6) is 0.936. The van der Waals surface area contributed by atoms with Crippen LogP contribution < -0.4 is 5.32 Å². The molecule has 23 heavy (non-hydrogen) atoms. The van der Waals surface area contributed by atoms with Crippen LogP contribution in [0.25, 0.3) is 21.7 Å². The number of hydrogen-bond acceptors (Lipinski definition) is 3. The van der Waals surface area contributed by atoms with Crippen LogP contribution in [0.4, 0.5) is 5.69 Å². The summed E-state index contributed by atoms with van der Waals surface area (Å²) < 4.78 is 0. The lowest BCUT2D eigenvalue weighted by Gasteiger charge is -2.07. The lowest BCUT2D eigenvalue weighted by molar-refractivity contribution is 1.14. The van der Waals surface area contributed by atoms with Crippen LogP contribution in [0, 0.1) is 6.92 Å². The zero-order valence-corrected chi connectivity index (χ0v) is 13.7. The molecule has 2 heterocycles. The van der Waals surface area contributed by atoms with Crippen LogP contribution in [-0.2, 0) is 6.54 Å². The van der Waals surface area contributed by atoms with Gasteiger partial charge in [-0.1, -0.05) is 35.9 Å².